The van der Waals surface area contributed by atoms with Crippen LogP contribution in [-0.2, 0) is 11.3 Å². The highest BCUT2D eigenvalue weighted by Gasteiger charge is 2.04. The first-order chi connectivity index (χ1) is 7.61. The molecule has 1 atom stereocenters. The van der Waals surface area contributed by atoms with E-state index in [1.54, 1.807) is 12.4 Å². The number of carbonyl (C=O) groups is 1. The Labute approximate surface area is 95.3 Å². The highest BCUT2D eigenvalue weighted by Crippen LogP contribution is 2.09. The van der Waals surface area contributed by atoms with Gasteiger partial charge in [0.25, 0.3) is 0 Å². The van der Waals surface area contributed by atoms with Crippen molar-refractivity contribution in [1.29, 1.82) is 0 Å². The predicted molar refractivity (Wildman–Crippen MR) is 63.9 cm³/mol. The van der Waals surface area contributed by atoms with Crippen molar-refractivity contribution in [2.24, 2.45) is 5.73 Å². The molecule has 1 aromatic heterocycles. The number of allylic oxidation sites excluding steroid dienone is 1. The summed E-state index contributed by atoms with van der Waals surface area (Å²) in [7, 11) is 0. The monoisotopic (exact) mass is 222 g/mol. The second-order valence-electron chi connectivity index (χ2n) is 3.80. The number of amides is 1. The van der Waals surface area contributed by atoms with Crippen LogP contribution in [-0.4, -0.2) is 21.7 Å². The van der Waals surface area contributed by atoms with Gasteiger partial charge in [0, 0.05) is 12.2 Å². The van der Waals surface area contributed by atoms with Crippen molar-refractivity contribution in [3.8, 4) is 0 Å². The minimum Gasteiger partial charge on any atom is -0.380 e. The van der Waals surface area contributed by atoms with Crippen LogP contribution in [0.4, 0.5) is 5.69 Å². The van der Waals surface area contributed by atoms with Gasteiger partial charge in [-0.2, -0.15) is 5.10 Å². The van der Waals surface area contributed by atoms with E-state index in [1.165, 1.54) is 4.68 Å². The Morgan fingerprint density at radius 2 is 2.56 bits per heavy atom. The summed E-state index contributed by atoms with van der Waals surface area (Å²) in [6.45, 7) is 5.89. The first kappa shape index (κ1) is 12.3. The Morgan fingerprint density at radius 1 is 1.81 bits per heavy atom. The molecule has 1 amide bonds. The van der Waals surface area contributed by atoms with Crippen LogP contribution in [0.25, 0.3) is 0 Å². The van der Waals surface area contributed by atoms with E-state index >= 15 is 0 Å². The quantitative estimate of drug-likeness (QED) is 0.679. The van der Waals surface area contributed by atoms with Crippen molar-refractivity contribution in [3.05, 3.63) is 25.0 Å². The third-order valence-electron chi connectivity index (χ3n) is 2.17. The first-order valence-corrected chi connectivity index (χ1v) is 5.30. The van der Waals surface area contributed by atoms with E-state index in [1.807, 2.05) is 6.08 Å². The van der Waals surface area contributed by atoms with E-state index in [9.17, 15) is 4.79 Å². The van der Waals surface area contributed by atoms with Crippen molar-refractivity contribution in [2.45, 2.75) is 32.4 Å². The molecule has 0 aromatic carbocycles. The Bertz CT molecular complexity index is 359. The Kier molecular flexibility index (Phi) is 4.57. The fourth-order valence-electron chi connectivity index (χ4n) is 1.41. The summed E-state index contributed by atoms with van der Waals surface area (Å²) in [5.74, 6) is -0.394. The van der Waals surface area contributed by atoms with Crippen molar-refractivity contribution in [1.82, 2.24) is 9.78 Å². The number of aromatic nitrogens is 2. The maximum atomic E-state index is 10.7. The van der Waals surface area contributed by atoms with Gasteiger partial charge in [-0.25, -0.2) is 0 Å². The molecule has 0 spiro atoms. The molecule has 0 aliphatic heterocycles. The van der Waals surface area contributed by atoms with Gasteiger partial charge in [0.15, 0.2) is 0 Å². The molecule has 0 aliphatic rings. The number of hydrogen-bond acceptors (Lipinski definition) is 3. The van der Waals surface area contributed by atoms with Crippen LogP contribution >= 0.6 is 0 Å². The minimum absolute atomic E-state index is 0.114. The third kappa shape index (κ3) is 4.16. The summed E-state index contributed by atoms with van der Waals surface area (Å²) >= 11 is 0. The van der Waals surface area contributed by atoms with Gasteiger partial charge in [0.05, 0.1) is 11.9 Å². The summed E-state index contributed by atoms with van der Waals surface area (Å²) in [5.41, 5.74) is 5.97. The van der Waals surface area contributed by atoms with Crippen LogP contribution in [0, 0.1) is 0 Å². The van der Waals surface area contributed by atoms with E-state index < -0.39 is 5.91 Å². The minimum atomic E-state index is -0.394. The number of primary amides is 1. The van der Waals surface area contributed by atoms with Gasteiger partial charge < -0.3 is 11.1 Å². The Hall–Kier alpha value is -1.78. The number of nitrogens with one attached hydrogen (secondary N) is 1. The van der Waals surface area contributed by atoms with Gasteiger partial charge in [0.1, 0.15) is 6.54 Å². The Balaban J connectivity index is 2.44. The van der Waals surface area contributed by atoms with Crippen LogP contribution < -0.4 is 11.1 Å². The molecule has 3 N–H and O–H groups in total. The number of rotatable bonds is 7. The average Bonchev–Trinajstić information content (AvgIpc) is 2.61. The lowest BCUT2D eigenvalue weighted by Crippen LogP contribution is -2.19. The normalized spacial score (nSPS) is 12.1. The van der Waals surface area contributed by atoms with E-state index in [0.717, 1.165) is 18.5 Å². The lowest BCUT2D eigenvalue weighted by atomic mass is 10.2. The van der Waals surface area contributed by atoms with Crippen molar-refractivity contribution in [3.63, 3.8) is 0 Å². The highest BCUT2D eigenvalue weighted by atomic mass is 16.1. The topological polar surface area (TPSA) is 72.9 Å². The number of carbonyl (C=O) groups excluding carboxylic acids is 1. The fourth-order valence-corrected chi connectivity index (χ4v) is 1.41. The predicted octanol–water partition coefficient (Wildman–Crippen LogP) is 1.13. The smallest absolute Gasteiger partial charge is 0.239 e. The number of anilines is 1. The number of hydrogen-bond donors (Lipinski definition) is 2. The van der Waals surface area contributed by atoms with Crippen LogP contribution in [0.2, 0.25) is 0 Å². The largest absolute Gasteiger partial charge is 0.380 e. The molecular weight excluding hydrogens is 204 g/mol. The molecule has 0 fully saturated rings. The molecule has 0 bridgehead atoms. The first-order valence-electron chi connectivity index (χ1n) is 5.30. The summed E-state index contributed by atoms with van der Waals surface area (Å²) in [5, 5.41) is 7.31. The SMILES string of the molecule is C=CCCC(C)Nc1cnn(CC(N)=O)c1. The van der Waals surface area contributed by atoms with Crippen molar-refractivity contribution >= 4 is 11.6 Å². The summed E-state index contributed by atoms with van der Waals surface area (Å²) in [4.78, 5) is 10.7. The summed E-state index contributed by atoms with van der Waals surface area (Å²) < 4.78 is 1.52. The molecule has 0 radical (unpaired) electrons. The van der Waals surface area contributed by atoms with Gasteiger partial charge >= 0.3 is 0 Å². The van der Waals surface area contributed by atoms with Gasteiger partial charge in [-0.3, -0.25) is 9.48 Å². The van der Waals surface area contributed by atoms with Gasteiger partial charge in [-0.15, -0.1) is 6.58 Å². The molecule has 5 nitrogen and oxygen atoms in total. The second kappa shape index (κ2) is 5.95. The molecule has 0 saturated heterocycles. The summed E-state index contributed by atoms with van der Waals surface area (Å²) in [6.07, 6.45) is 7.35. The van der Waals surface area contributed by atoms with Crippen molar-refractivity contribution in [2.75, 3.05) is 5.32 Å². The lowest BCUT2D eigenvalue weighted by Gasteiger charge is -2.11. The molecule has 5 heteroatoms. The molecule has 88 valence electrons. The molecule has 1 unspecified atom stereocenters. The third-order valence-corrected chi connectivity index (χ3v) is 2.17. The molecule has 16 heavy (non-hydrogen) atoms. The van der Waals surface area contributed by atoms with Crippen LogP contribution in [0.3, 0.4) is 0 Å². The van der Waals surface area contributed by atoms with E-state index in [4.69, 9.17) is 5.73 Å². The zero-order chi connectivity index (χ0) is 12.0. The van der Waals surface area contributed by atoms with E-state index in [2.05, 4.69) is 23.9 Å². The average molecular weight is 222 g/mol. The van der Waals surface area contributed by atoms with E-state index in [0.29, 0.717) is 6.04 Å². The molecule has 1 aromatic rings. The van der Waals surface area contributed by atoms with Crippen molar-refractivity contribution < 1.29 is 4.79 Å². The van der Waals surface area contributed by atoms with Crippen LogP contribution in [0.1, 0.15) is 19.8 Å². The van der Waals surface area contributed by atoms with E-state index in [-0.39, 0.29) is 6.54 Å². The van der Waals surface area contributed by atoms with Gasteiger partial charge in [-0.05, 0) is 19.8 Å². The molecule has 0 saturated carbocycles. The zero-order valence-corrected chi connectivity index (χ0v) is 9.52. The maximum Gasteiger partial charge on any atom is 0.239 e. The van der Waals surface area contributed by atoms with Crippen LogP contribution in [0.5, 0.6) is 0 Å². The highest BCUT2D eigenvalue weighted by molar-refractivity contribution is 5.73. The second-order valence-corrected chi connectivity index (χ2v) is 3.80. The van der Waals surface area contributed by atoms with Gasteiger partial charge in [0.2, 0.25) is 5.91 Å². The van der Waals surface area contributed by atoms with Gasteiger partial charge in [-0.1, -0.05) is 6.08 Å². The number of nitrogens with zero attached hydrogens (tertiary/aromatic N) is 2. The molecule has 0 aliphatic carbocycles. The zero-order valence-electron chi connectivity index (χ0n) is 9.52. The maximum absolute atomic E-state index is 10.7. The molecular formula is C11H18N4O. The van der Waals surface area contributed by atoms with Crippen LogP contribution in [0.15, 0.2) is 25.0 Å². The fraction of sp³-hybridized carbons (Fsp3) is 0.455. The number of nitrogens with two attached hydrogens (primary N) is 1. The molecule has 1 heterocycles. The Morgan fingerprint density at radius 3 is 3.19 bits per heavy atom. The molecule has 1 rings (SSSR count). The summed E-state index contributed by atoms with van der Waals surface area (Å²) in [6, 6.07) is 0.351. The standard InChI is InChI=1S/C11H18N4O/c1-3-4-5-9(2)14-10-6-13-15(7-10)8-11(12)16/h3,6-7,9,14H,1,4-5,8H2,2H3,(H2,12,16). The lowest BCUT2D eigenvalue weighted by molar-refractivity contribution is -0.118.